The van der Waals surface area contributed by atoms with E-state index < -0.39 is 6.04 Å². The van der Waals surface area contributed by atoms with Crippen LogP contribution in [-0.4, -0.2) is 34.6 Å². The zero-order valence-corrected chi connectivity index (χ0v) is 23.1. The molecule has 1 aliphatic carbocycles. The van der Waals surface area contributed by atoms with Gasteiger partial charge in [-0.15, -0.1) is 11.8 Å². The van der Waals surface area contributed by atoms with Crippen molar-refractivity contribution in [3.63, 3.8) is 0 Å². The summed E-state index contributed by atoms with van der Waals surface area (Å²) in [6.07, 6.45) is 5.81. The van der Waals surface area contributed by atoms with Crippen molar-refractivity contribution >= 4 is 46.8 Å². The Morgan fingerprint density at radius 3 is 2.27 bits per heavy atom. The number of thioether (sulfide) groups is 1. The van der Waals surface area contributed by atoms with E-state index in [0.29, 0.717) is 16.5 Å². The van der Waals surface area contributed by atoms with Gasteiger partial charge >= 0.3 is 0 Å². The molecule has 0 unspecified atom stereocenters. The Labute approximate surface area is 233 Å². The number of benzene rings is 3. The fraction of sp³-hybridized carbons (Fsp3) is 0.333. The monoisotopic (exact) mass is 554 g/mol. The topological polar surface area (TPSA) is 49.4 Å². The molecule has 0 aliphatic heterocycles. The van der Waals surface area contributed by atoms with Gasteiger partial charge in [-0.05, 0) is 48.2 Å². The molecule has 3 aromatic rings. The van der Waals surface area contributed by atoms with E-state index in [2.05, 4.69) is 5.32 Å². The second kappa shape index (κ2) is 13.9. The lowest BCUT2D eigenvalue weighted by Gasteiger charge is -2.33. The first-order chi connectivity index (χ1) is 18.0. The van der Waals surface area contributed by atoms with Gasteiger partial charge < -0.3 is 10.2 Å². The van der Waals surface area contributed by atoms with Crippen molar-refractivity contribution < 1.29 is 9.59 Å². The molecule has 194 valence electrons. The minimum absolute atomic E-state index is 0.111. The van der Waals surface area contributed by atoms with Crippen LogP contribution in [-0.2, 0) is 22.6 Å². The highest BCUT2D eigenvalue weighted by atomic mass is 35.5. The van der Waals surface area contributed by atoms with Gasteiger partial charge in [-0.2, -0.15) is 0 Å². The molecule has 0 saturated heterocycles. The van der Waals surface area contributed by atoms with Crippen LogP contribution in [0, 0.1) is 0 Å². The smallest absolute Gasteiger partial charge is 0.243 e. The van der Waals surface area contributed by atoms with E-state index in [1.54, 1.807) is 17.0 Å². The molecule has 1 N–H and O–H groups in total. The Morgan fingerprint density at radius 1 is 0.919 bits per heavy atom. The minimum atomic E-state index is -0.667. The van der Waals surface area contributed by atoms with E-state index in [1.165, 1.54) is 18.2 Å². The summed E-state index contributed by atoms with van der Waals surface area (Å²) in [4.78, 5) is 30.3. The van der Waals surface area contributed by atoms with Crippen molar-refractivity contribution in [1.29, 1.82) is 0 Å². The number of hydrogen-bond acceptors (Lipinski definition) is 3. The molecule has 0 spiro atoms. The van der Waals surface area contributed by atoms with Gasteiger partial charge in [-0.1, -0.05) is 97.1 Å². The third-order valence-electron chi connectivity index (χ3n) is 6.68. The summed E-state index contributed by atoms with van der Waals surface area (Å²) in [7, 11) is 0. The molecule has 37 heavy (non-hydrogen) atoms. The van der Waals surface area contributed by atoms with E-state index >= 15 is 0 Å². The van der Waals surface area contributed by atoms with E-state index in [-0.39, 0.29) is 30.2 Å². The van der Waals surface area contributed by atoms with Crippen molar-refractivity contribution in [3.8, 4) is 0 Å². The number of amides is 2. The lowest BCUT2D eigenvalue weighted by atomic mass is 9.94. The second-order valence-corrected chi connectivity index (χ2v) is 11.3. The van der Waals surface area contributed by atoms with Crippen LogP contribution in [0.5, 0.6) is 0 Å². The maximum Gasteiger partial charge on any atom is 0.243 e. The number of nitrogens with one attached hydrogen (secondary N) is 1. The third-order valence-corrected chi connectivity index (χ3v) is 8.27. The van der Waals surface area contributed by atoms with Crippen LogP contribution < -0.4 is 5.32 Å². The van der Waals surface area contributed by atoms with Crippen molar-refractivity contribution in [2.45, 2.75) is 62.0 Å². The van der Waals surface area contributed by atoms with Gasteiger partial charge in [0.05, 0.1) is 5.75 Å². The van der Waals surface area contributed by atoms with E-state index in [4.69, 9.17) is 23.2 Å². The highest BCUT2D eigenvalue weighted by Crippen LogP contribution is 2.26. The number of nitrogens with zero attached hydrogens (tertiary/aromatic N) is 1. The fourth-order valence-corrected chi connectivity index (χ4v) is 5.95. The van der Waals surface area contributed by atoms with Crippen molar-refractivity contribution in [2.24, 2.45) is 0 Å². The van der Waals surface area contributed by atoms with E-state index in [0.717, 1.165) is 41.7 Å². The Bertz CT molecular complexity index is 1170. The van der Waals surface area contributed by atoms with Crippen molar-refractivity contribution in [2.75, 3.05) is 5.75 Å². The zero-order chi connectivity index (χ0) is 26.0. The predicted octanol–water partition coefficient (Wildman–Crippen LogP) is 7.17. The molecule has 4 rings (SSSR count). The standard InChI is InChI=1S/C30H32Cl2N2O2S/c31-24-17-16-23(27(32)19-24)20-34(29(35)21-37-26-14-8-3-9-15-26)28(18-22-10-4-1-5-11-22)30(36)33-25-12-6-2-7-13-25/h1,3-5,8-11,14-17,19,25,28H,2,6-7,12-13,18,20-21H2,(H,33,36)/t28-/m1/s1. The molecule has 1 atom stereocenters. The molecule has 4 nitrogen and oxygen atoms in total. The molecular formula is C30H32Cl2N2O2S. The quantitative estimate of drug-likeness (QED) is 0.270. The second-order valence-electron chi connectivity index (χ2n) is 9.41. The van der Waals surface area contributed by atoms with Crippen LogP contribution >= 0.6 is 35.0 Å². The molecule has 0 radical (unpaired) electrons. The Hall–Kier alpha value is -2.47. The third kappa shape index (κ3) is 8.26. The first-order valence-electron chi connectivity index (χ1n) is 12.7. The Kier molecular flexibility index (Phi) is 10.4. The number of carbonyl (C=O) groups is 2. The Morgan fingerprint density at radius 2 is 1.59 bits per heavy atom. The van der Waals surface area contributed by atoms with Crippen LogP contribution in [0.3, 0.4) is 0 Å². The summed E-state index contributed by atoms with van der Waals surface area (Å²) in [5, 5.41) is 4.27. The first-order valence-corrected chi connectivity index (χ1v) is 14.5. The average Bonchev–Trinajstić information content (AvgIpc) is 2.92. The predicted molar refractivity (Wildman–Crippen MR) is 153 cm³/mol. The molecule has 7 heteroatoms. The van der Waals surface area contributed by atoms with Gasteiger partial charge in [0.2, 0.25) is 11.8 Å². The van der Waals surface area contributed by atoms with Crippen LogP contribution in [0.15, 0.2) is 83.8 Å². The normalized spacial score (nSPS) is 14.6. The summed E-state index contributed by atoms with van der Waals surface area (Å²) in [5.74, 6) is -0.00415. The molecule has 0 bridgehead atoms. The molecular weight excluding hydrogens is 523 g/mol. The molecule has 2 amide bonds. The maximum atomic E-state index is 13.8. The fourth-order valence-electron chi connectivity index (χ4n) is 4.68. The Balaban J connectivity index is 1.63. The van der Waals surface area contributed by atoms with Gasteiger partial charge in [-0.3, -0.25) is 9.59 Å². The number of rotatable bonds is 10. The zero-order valence-electron chi connectivity index (χ0n) is 20.7. The van der Waals surface area contributed by atoms with Crippen LogP contribution in [0.2, 0.25) is 10.0 Å². The lowest BCUT2D eigenvalue weighted by molar-refractivity contribution is -0.139. The summed E-state index contributed by atoms with van der Waals surface area (Å²) in [5.41, 5.74) is 1.76. The molecule has 0 aromatic heterocycles. The van der Waals surface area contributed by atoms with E-state index in [9.17, 15) is 9.59 Å². The highest BCUT2D eigenvalue weighted by molar-refractivity contribution is 8.00. The van der Waals surface area contributed by atoms with Gasteiger partial charge in [0, 0.05) is 33.9 Å². The van der Waals surface area contributed by atoms with Crippen molar-refractivity contribution in [3.05, 3.63) is 100 Å². The molecule has 3 aromatic carbocycles. The molecule has 1 fully saturated rings. The van der Waals surface area contributed by atoms with Gasteiger partial charge in [0.1, 0.15) is 6.04 Å². The van der Waals surface area contributed by atoms with Crippen LogP contribution in [0.25, 0.3) is 0 Å². The minimum Gasteiger partial charge on any atom is -0.352 e. The summed E-state index contributed by atoms with van der Waals surface area (Å²) >= 11 is 14.1. The van der Waals surface area contributed by atoms with E-state index in [1.807, 2.05) is 66.7 Å². The summed E-state index contributed by atoms with van der Waals surface area (Å²) in [6, 6.07) is 24.4. The first kappa shape index (κ1) is 27.6. The summed E-state index contributed by atoms with van der Waals surface area (Å²) in [6.45, 7) is 0.222. The van der Waals surface area contributed by atoms with Crippen molar-refractivity contribution in [1.82, 2.24) is 10.2 Å². The number of carbonyl (C=O) groups excluding carboxylic acids is 2. The summed E-state index contributed by atoms with van der Waals surface area (Å²) < 4.78 is 0. The lowest BCUT2D eigenvalue weighted by Crippen LogP contribution is -2.53. The van der Waals surface area contributed by atoms with Gasteiger partial charge in [0.15, 0.2) is 0 Å². The average molecular weight is 556 g/mol. The molecule has 0 heterocycles. The highest BCUT2D eigenvalue weighted by Gasteiger charge is 2.32. The van der Waals surface area contributed by atoms with Crippen LogP contribution in [0.4, 0.5) is 0 Å². The van der Waals surface area contributed by atoms with Crippen LogP contribution in [0.1, 0.15) is 43.2 Å². The van der Waals surface area contributed by atoms with Gasteiger partial charge in [-0.25, -0.2) is 0 Å². The SMILES string of the molecule is O=C(NC1CCCCC1)[C@@H](Cc1ccccc1)N(Cc1ccc(Cl)cc1Cl)C(=O)CSc1ccccc1. The largest absolute Gasteiger partial charge is 0.352 e. The maximum absolute atomic E-state index is 13.8. The number of hydrogen-bond donors (Lipinski definition) is 1. The molecule has 1 saturated carbocycles. The molecule has 1 aliphatic rings. The van der Waals surface area contributed by atoms with Gasteiger partial charge in [0.25, 0.3) is 0 Å². The number of halogens is 2.